The Kier molecular flexibility index (Phi) is 4.08. The molecule has 15 heavy (non-hydrogen) atoms. The minimum atomic E-state index is -0.844. The van der Waals surface area contributed by atoms with Gasteiger partial charge in [0.25, 0.3) is 0 Å². The van der Waals surface area contributed by atoms with E-state index in [2.05, 4.69) is 31.1 Å². The fourth-order valence-corrected chi connectivity index (χ4v) is 1.78. The quantitative estimate of drug-likeness (QED) is 0.811. The van der Waals surface area contributed by atoms with Crippen molar-refractivity contribution in [1.82, 2.24) is 4.98 Å². The maximum Gasteiger partial charge on any atom is 0.309 e. The second-order valence-corrected chi connectivity index (χ2v) is 4.75. The number of rotatable bonds is 5. The van der Waals surface area contributed by atoms with Crippen molar-refractivity contribution in [1.29, 1.82) is 0 Å². The smallest absolute Gasteiger partial charge is 0.309 e. The molecule has 1 heterocycles. The Hall–Kier alpha value is -1.10. The molecule has 1 aromatic heterocycles. The monoisotopic (exact) mass is 228 g/mol. The first-order chi connectivity index (χ1) is 6.99. The second-order valence-electron chi connectivity index (χ2n) is 3.89. The SMILES string of the molecule is CC(C)C(C)Nc1nc(CC(=O)O)cs1. The summed E-state index contributed by atoms with van der Waals surface area (Å²) in [6.45, 7) is 6.34. The van der Waals surface area contributed by atoms with Gasteiger partial charge in [0.15, 0.2) is 5.13 Å². The van der Waals surface area contributed by atoms with Gasteiger partial charge in [-0.05, 0) is 12.8 Å². The van der Waals surface area contributed by atoms with Gasteiger partial charge < -0.3 is 10.4 Å². The lowest BCUT2D eigenvalue weighted by Crippen LogP contribution is -2.21. The third-order valence-corrected chi connectivity index (χ3v) is 3.06. The number of hydrogen-bond acceptors (Lipinski definition) is 4. The van der Waals surface area contributed by atoms with Gasteiger partial charge in [0, 0.05) is 11.4 Å². The molecule has 0 amide bonds. The summed E-state index contributed by atoms with van der Waals surface area (Å²) >= 11 is 1.45. The van der Waals surface area contributed by atoms with E-state index >= 15 is 0 Å². The summed E-state index contributed by atoms with van der Waals surface area (Å²) in [4.78, 5) is 14.7. The molecule has 0 saturated heterocycles. The van der Waals surface area contributed by atoms with E-state index in [0.717, 1.165) is 5.13 Å². The predicted octanol–water partition coefficient (Wildman–Crippen LogP) is 2.23. The van der Waals surface area contributed by atoms with Gasteiger partial charge in [0.1, 0.15) is 0 Å². The molecule has 0 aliphatic carbocycles. The van der Waals surface area contributed by atoms with Crippen LogP contribution in [0, 0.1) is 5.92 Å². The van der Waals surface area contributed by atoms with Crippen LogP contribution in [0.5, 0.6) is 0 Å². The molecule has 5 heteroatoms. The zero-order valence-corrected chi connectivity index (χ0v) is 9.97. The molecule has 0 aliphatic heterocycles. The first-order valence-corrected chi connectivity index (χ1v) is 5.79. The largest absolute Gasteiger partial charge is 0.481 e. The Morgan fingerprint density at radius 2 is 2.27 bits per heavy atom. The van der Waals surface area contributed by atoms with Crippen LogP contribution in [0.15, 0.2) is 5.38 Å². The van der Waals surface area contributed by atoms with Gasteiger partial charge in [-0.15, -0.1) is 11.3 Å². The minimum Gasteiger partial charge on any atom is -0.481 e. The number of carboxylic acids is 1. The average Bonchev–Trinajstić information content (AvgIpc) is 2.51. The van der Waals surface area contributed by atoms with E-state index < -0.39 is 5.97 Å². The van der Waals surface area contributed by atoms with E-state index in [0.29, 0.717) is 17.7 Å². The van der Waals surface area contributed by atoms with Gasteiger partial charge in [-0.3, -0.25) is 4.79 Å². The van der Waals surface area contributed by atoms with Crippen LogP contribution in [0.25, 0.3) is 0 Å². The second kappa shape index (κ2) is 5.11. The lowest BCUT2D eigenvalue weighted by molar-refractivity contribution is -0.136. The van der Waals surface area contributed by atoms with Crippen LogP contribution in [0.2, 0.25) is 0 Å². The van der Waals surface area contributed by atoms with E-state index in [-0.39, 0.29) is 6.42 Å². The molecule has 0 radical (unpaired) electrons. The first kappa shape index (κ1) is 12.0. The molecule has 1 aromatic rings. The summed E-state index contributed by atoms with van der Waals surface area (Å²) in [6, 6.07) is 0.342. The van der Waals surface area contributed by atoms with Crippen molar-refractivity contribution in [2.75, 3.05) is 5.32 Å². The standard InChI is InChI=1S/C10H16N2O2S/c1-6(2)7(3)11-10-12-8(5-15-10)4-9(13)14/h5-7H,4H2,1-3H3,(H,11,12)(H,13,14). The molecule has 4 nitrogen and oxygen atoms in total. The first-order valence-electron chi connectivity index (χ1n) is 4.91. The van der Waals surface area contributed by atoms with Gasteiger partial charge in [0.2, 0.25) is 0 Å². The molecule has 0 aliphatic rings. The van der Waals surface area contributed by atoms with Gasteiger partial charge in [0.05, 0.1) is 12.1 Å². The third kappa shape index (κ3) is 3.87. The molecule has 0 aromatic carbocycles. The van der Waals surface area contributed by atoms with Crippen LogP contribution in [-0.2, 0) is 11.2 Å². The van der Waals surface area contributed by atoms with E-state index in [1.807, 2.05) is 0 Å². The number of carboxylic acid groups (broad SMARTS) is 1. The summed E-state index contributed by atoms with van der Waals surface area (Å²) in [5.41, 5.74) is 0.617. The third-order valence-electron chi connectivity index (χ3n) is 2.24. The Morgan fingerprint density at radius 3 is 2.80 bits per heavy atom. The lowest BCUT2D eigenvalue weighted by atomic mass is 10.1. The summed E-state index contributed by atoms with van der Waals surface area (Å²) in [7, 11) is 0. The van der Waals surface area contributed by atoms with Gasteiger partial charge in [-0.1, -0.05) is 13.8 Å². The van der Waals surface area contributed by atoms with Gasteiger partial charge in [-0.25, -0.2) is 4.98 Å². The summed E-state index contributed by atoms with van der Waals surface area (Å²) in [5, 5.41) is 14.4. The van der Waals surface area contributed by atoms with Crippen LogP contribution in [0.4, 0.5) is 5.13 Å². The zero-order valence-electron chi connectivity index (χ0n) is 9.15. The predicted molar refractivity (Wildman–Crippen MR) is 61.4 cm³/mol. The number of carbonyl (C=O) groups is 1. The van der Waals surface area contributed by atoms with Crippen molar-refractivity contribution in [2.24, 2.45) is 5.92 Å². The van der Waals surface area contributed by atoms with Crippen molar-refractivity contribution >= 4 is 22.4 Å². The number of anilines is 1. The Bertz CT molecular complexity index is 336. The molecule has 0 spiro atoms. The molecule has 0 bridgehead atoms. The van der Waals surface area contributed by atoms with E-state index in [1.165, 1.54) is 11.3 Å². The summed E-state index contributed by atoms with van der Waals surface area (Å²) in [6.07, 6.45) is -0.00571. The van der Waals surface area contributed by atoms with Crippen molar-refractivity contribution in [3.05, 3.63) is 11.1 Å². The van der Waals surface area contributed by atoms with Crippen LogP contribution in [0.1, 0.15) is 26.5 Å². The van der Waals surface area contributed by atoms with Crippen molar-refractivity contribution in [3.63, 3.8) is 0 Å². The molecule has 1 unspecified atom stereocenters. The molecular formula is C10H16N2O2S. The number of hydrogen-bond donors (Lipinski definition) is 2. The highest BCUT2D eigenvalue weighted by Crippen LogP contribution is 2.18. The van der Waals surface area contributed by atoms with Crippen LogP contribution in [0.3, 0.4) is 0 Å². The van der Waals surface area contributed by atoms with E-state index in [4.69, 9.17) is 5.11 Å². The zero-order chi connectivity index (χ0) is 11.4. The maximum absolute atomic E-state index is 10.5. The topological polar surface area (TPSA) is 62.2 Å². The number of nitrogens with one attached hydrogen (secondary N) is 1. The fourth-order valence-electron chi connectivity index (χ4n) is 0.971. The Labute approximate surface area is 93.4 Å². The Morgan fingerprint density at radius 1 is 1.60 bits per heavy atom. The molecule has 84 valence electrons. The minimum absolute atomic E-state index is 0.00571. The fraction of sp³-hybridized carbons (Fsp3) is 0.600. The molecular weight excluding hydrogens is 212 g/mol. The maximum atomic E-state index is 10.5. The normalized spacial score (nSPS) is 12.8. The molecule has 1 atom stereocenters. The molecule has 0 saturated carbocycles. The average molecular weight is 228 g/mol. The van der Waals surface area contributed by atoms with Crippen LogP contribution >= 0.6 is 11.3 Å². The van der Waals surface area contributed by atoms with E-state index in [1.54, 1.807) is 5.38 Å². The number of aromatic nitrogens is 1. The number of aliphatic carboxylic acids is 1. The number of thiazole rings is 1. The summed E-state index contributed by atoms with van der Waals surface area (Å²) in [5.74, 6) is -0.319. The summed E-state index contributed by atoms with van der Waals surface area (Å²) < 4.78 is 0. The van der Waals surface area contributed by atoms with Gasteiger partial charge >= 0.3 is 5.97 Å². The lowest BCUT2D eigenvalue weighted by Gasteiger charge is -2.16. The van der Waals surface area contributed by atoms with Crippen molar-refractivity contribution in [2.45, 2.75) is 33.2 Å². The van der Waals surface area contributed by atoms with Gasteiger partial charge in [-0.2, -0.15) is 0 Å². The highest BCUT2D eigenvalue weighted by atomic mass is 32.1. The van der Waals surface area contributed by atoms with Crippen LogP contribution < -0.4 is 5.32 Å². The van der Waals surface area contributed by atoms with Crippen LogP contribution in [-0.4, -0.2) is 22.1 Å². The highest BCUT2D eigenvalue weighted by Gasteiger charge is 2.10. The van der Waals surface area contributed by atoms with E-state index in [9.17, 15) is 4.79 Å². The van der Waals surface area contributed by atoms with Crippen molar-refractivity contribution in [3.8, 4) is 0 Å². The highest BCUT2D eigenvalue weighted by molar-refractivity contribution is 7.13. The number of nitrogens with zero attached hydrogens (tertiary/aromatic N) is 1. The molecule has 2 N–H and O–H groups in total. The molecule has 0 fully saturated rings. The van der Waals surface area contributed by atoms with Crippen molar-refractivity contribution < 1.29 is 9.90 Å². The Balaban J connectivity index is 2.56. The molecule has 1 rings (SSSR count).